The molecule has 0 amide bonds. The first-order chi connectivity index (χ1) is 53.7. The predicted octanol–water partition coefficient (Wildman–Crippen LogP) is 18.1. The third kappa shape index (κ3) is 16.6. The Morgan fingerprint density at radius 2 is 0.364 bits per heavy atom. The molecule has 0 bridgehead atoms. The van der Waals surface area contributed by atoms with E-state index in [2.05, 4.69) is 0 Å². The third-order valence-corrected chi connectivity index (χ3v) is 19.8. The fraction of sp³-hybridized carbons (Fsp3) is 0.333. The molecule has 16 nitrogen and oxygen atoms in total. The summed E-state index contributed by atoms with van der Waals surface area (Å²) in [4.78, 5) is 0. The number of hydrogen-bond donors (Lipinski definition) is 16. The molecule has 5 atom stereocenters. The number of hydrogen-bond acceptors (Lipinski definition) is 16. The van der Waals surface area contributed by atoms with Gasteiger partial charge < -0.3 is 86.7 Å². The fourth-order valence-corrected chi connectivity index (χ4v) is 12.4. The minimum absolute atomic E-state index is 0.0214. The van der Waals surface area contributed by atoms with E-state index in [0.29, 0.717) is 58.9 Å². The van der Waals surface area contributed by atoms with E-state index in [-0.39, 0.29) is 65.3 Å². The second kappa shape index (κ2) is 30.0. The summed E-state index contributed by atoms with van der Waals surface area (Å²) >= 11 is 0. The van der Waals surface area contributed by atoms with Crippen LogP contribution in [0.3, 0.4) is 0 Å². The van der Waals surface area contributed by atoms with Crippen molar-refractivity contribution in [2.75, 3.05) is 45.9 Å². The van der Waals surface area contributed by atoms with Gasteiger partial charge in [-0.1, -0.05) is 48.5 Å². The highest BCUT2D eigenvalue weighted by Gasteiger charge is 2.75. The van der Waals surface area contributed by atoms with Crippen molar-refractivity contribution >= 4 is 110 Å². The summed E-state index contributed by atoms with van der Waals surface area (Å²) in [5.41, 5.74) is -3.41. The summed E-state index contributed by atoms with van der Waals surface area (Å²) in [6, 6.07) is 16.7. The molecule has 49 heteroatoms. The highest BCUT2D eigenvalue weighted by Crippen LogP contribution is 2.58. The van der Waals surface area contributed by atoms with Gasteiger partial charge in [0, 0.05) is 106 Å². The predicted molar refractivity (Wildman–Crippen MR) is 372 cm³/mol. The van der Waals surface area contributed by atoms with Gasteiger partial charge in [0.1, 0.15) is 0 Å². The Labute approximate surface area is 653 Å². The smallest absolute Gasteiger partial charge is 0.398 e. The average Bonchev–Trinajstić information content (AvgIpc) is 0.740. The first-order valence-corrected chi connectivity index (χ1v) is 32.7. The van der Waals surface area contributed by atoms with Crippen LogP contribution in [0.25, 0.3) is 64.6 Å². The van der Waals surface area contributed by atoms with Crippen molar-refractivity contribution in [1.82, 2.24) is 0 Å². The summed E-state index contributed by atoms with van der Waals surface area (Å²) in [6.45, 7) is 2.27. The van der Waals surface area contributed by atoms with Crippen molar-refractivity contribution in [2.45, 2.75) is 147 Å². The van der Waals surface area contributed by atoms with E-state index in [4.69, 9.17) is 45.9 Å². The lowest BCUT2D eigenvalue weighted by molar-refractivity contribution is -0.376. The van der Waals surface area contributed by atoms with Gasteiger partial charge in [-0.05, 0) is 156 Å². The molecule has 0 aliphatic rings. The van der Waals surface area contributed by atoms with Crippen LogP contribution in [0.2, 0.25) is 0 Å². The minimum Gasteiger partial charge on any atom is -0.398 e. The van der Waals surface area contributed by atoms with Crippen molar-refractivity contribution < 1.29 is 186 Å². The standard InChI is InChI=1S/2C20H15F9N2O2.C16H13F9N2O2.C16H16F6N2O2/c1-16(32,18(21,22)23)12-4-8-2-11-7-15(31)13(5-9(11)3-10(8)6-14(12)30)17(33,19(24,25)26)20(27,28)29;1-16(32,18(21,22)23)12-4-2-8-7-11-9(6-10(8)14(12)30)3-5-13(15(11)31)17(33,19(24,25)26)20(27,28)29;1-12(28,14(17,18)19)7-4-2-6-3-5-8(11(27)9(6)10(7)26)13(29,15(20,21)22)16(23,24)25;1-13(25,15(17,18)19)9-3-7-6-12(24)10(4-8(7)5-11(9)23)14(2,26)16(20,21)22/h2*2-7,32-33H,30-31H2,1H3;2-5,28-29H,26-27H2,1H3;3-6,25-26H,23-24H2,1-2H3. The average molecular weight is 1790 g/mol. The normalized spacial score (nSPS) is 16.3. The van der Waals surface area contributed by atoms with Gasteiger partial charge in [0.15, 0.2) is 28.0 Å². The fourth-order valence-electron chi connectivity index (χ4n) is 12.4. The van der Waals surface area contributed by atoms with Gasteiger partial charge in [0.2, 0.25) is 0 Å². The van der Waals surface area contributed by atoms with E-state index in [0.717, 1.165) is 91.0 Å². The van der Waals surface area contributed by atoms with Gasteiger partial charge in [-0.2, -0.15) is 145 Å². The van der Waals surface area contributed by atoms with Gasteiger partial charge >= 0.3 is 67.9 Å². The Kier molecular flexibility index (Phi) is 24.2. The van der Waals surface area contributed by atoms with Gasteiger partial charge in [0.05, 0.1) is 0 Å². The topological polar surface area (TPSA) is 370 Å². The summed E-state index contributed by atoms with van der Waals surface area (Å²) < 4.78 is 435. The highest BCUT2D eigenvalue weighted by atomic mass is 19.5. The van der Waals surface area contributed by atoms with Crippen LogP contribution in [0, 0.1) is 0 Å². The summed E-state index contributed by atoms with van der Waals surface area (Å²) in [7, 11) is 0. The van der Waals surface area contributed by atoms with E-state index in [1.807, 2.05) is 0 Å². The van der Waals surface area contributed by atoms with Crippen LogP contribution in [0.1, 0.15) is 79.1 Å². The number of aliphatic hydroxyl groups is 8. The minimum atomic E-state index is -6.27. The molecule has 0 saturated heterocycles. The molecular weight excluding hydrogens is 1730 g/mol. The van der Waals surface area contributed by atoms with Gasteiger partial charge in [-0.25, -0.2) is 0 Å². The van der Waals surface area contributed by atoms with E-state index < -0.39 is 208 Å². The zero-order valence-electron chi connectivity index (χ0n) is 60.7. The largest absolute Gasteiger partial charge is 0.430 e. The van der Waals surface area contributed by atoms with Crippen LogP contribution in [-0.4, -0.2) is 109 Å². The van der Waals surface area contributed by atoms with Crippen molar-refractivity contribution in [2.24, 2.45) is 0 Å². The number of benzene rings is 10. The van der Waals surface area contributed by atoms with Gasteiger partial charge in [-0.3, -0.25) is 0 Å². The van der Waals surface area contributed by atoms with Gasteiger partial charge in [-0.15, -0.1) is 0 Å². The van der Waals surface area contributed by atoms with Crippen LogP contribution in [0.15, 0.2) is 121 Å². The third-order valence-electron chi connectivity index (χ3n) is 19.8. The molecule has 0 heterocycles. The first kappa shape index (κ1) is 97.6. The molecule has 0 radical (unpaired) electrons. The number of rotatable bonds is 8. The van der Waals surface area contributed by atoms with E-state index in [9.17, 15) is 186 Å². The van der Waals surface area contributed by atoms with Crippen molar-refractivity contribution in [3.05, 3.63) is 166 Å². The summed E-state index contributed by atoms with van der Waals surface area (Å²) in [5, 5.41) is 76.6. The number of anilines is 8. The molecule has 10 aromatic rings. The number of halogens is 33. The first-order valence-electron chi connectivity index (χ1n) is 32.7. The molecule has 24 N–H and O–H groups in total. The van der Waals surface area contributed by atoms with Crippen LogP contribution in [-0.2, 0) is 44.8 Å². The monoisotopic (exact) mass is 1790 g/mol. The number of nitrogens with two attached hydrogens (primary N) is 8. The molecule has 0 aliphatic heterocycles. The molecular formula is C72H59F33N8O8. The summed E-state index contributed by atoms with van der Waals surface area (Å²) in [6.07, 6.45) is -62.7. The second-order valence-corrected chi connectivity index (χ2v) is 28.1. The van der Waals surface area contributed by atoms with E-state index in [1.165, 1.54) is 0 Å². The quantitative estimate of drug-likeness (QED) is 0.0382. The molecule has 5 unspecified atom stereocenters. The summed E-state index contributed by atoms with van der Waals surface area (Å²) in [5.74, 6) is 0. The van der Waals surface area contributed by atoms with Crippen molar-refractivity contribution in [3.63, 3.8) is 0 Å². The Morgan fingerprint density at radius 1 is 0.182 bits per heavy atom. The maximum atomic E-state index is 13.3. The second-order valence-electron chi connectivity index (χ2n) is 28.1. The lowest BCUT2D eigenvalue weighted by Gasteiger charge is -2.34. The maximum absolute atomic E-state index is 13.3. The van der Waals surface area contributed by atoms with Crippen molar-refractivity contribution in [3.8, 4) is 0 Å². The Morgan fingerprint density at radius 3 is 0.628 bits per heavy atom. The molecule has 0 aliphatic carbocycles. The Hall–Kier alpha value is -10.5. The van der Waals surface area contributed by atoms with Crippen LogP contribution in [0.5, 0.6) is 0 Å². The van der Waals surface area contributed by atoms with Crippen LogP contribution >= 0.6 is 0 Å². The lowest BCUT2D eigenvalue weighted by Crippen LogP contribution is -2.54. The van der Waals surface area contributed by atoms with Crippen LogP contribution in [0.4, 0.5) is 190 Å². The van der Waals surface area contributed by atoms with E-state index >= 15 is 0 Å². The van der Waals surface area contributed by atoms with Crippen molar-refractivity contribution in [1.29, 1.82) is 0 Å². The Bertz CT molecular complexity index is 5490. The zero-order valence-corrected chi connectivity index (χ0v) is 60.7. The molecule has 10 aromatic carbocycles. The molecule has 10 rings (SSSR count). The molecule has 666 valence electrons. The maximum Gasteiger partial charge on any atom is 0.430 e. The number of fused-ring (bicyclic) bond motifs is 6. The molecule has 0 saturated carbocycles. The molecule has 0 spiro atoms. The molecule has 0 fully saturated rings. The molecule has 121 heavy (non-hydrogen) atoms. The Balaban J connectivity index is 0.000000223. The van der Waals surface area contributed by atoms with Gasteiger partial charge in [0.25, 0.3) is 16.8 Å². The number of alkyl halides is 33. The van der Waals surface area contributed by atoms with E-state index in [1.54, 1.807) is 0 Å². The lowest BCUT2D eigenvalue weighted by atomic mass is 9.85. The highest BCUT2D eigenvalue weighted by molar-refractivity contribution is 6.09. The zero-order chi connectivity index (χ0) is 93.8. The SMILES string of the molecule is CC(O)(c1cc2cc(N)c(C(C)(O)C(F)(F)F)cc2cc1N)C(F)(F)F.CC(O)(c1cc2cc3cc(N)c(C(O)(C(F)(F)F)C(F)(F)F)cc3cc2cc1N)C(F)(F)F.CC(O)(c1ccc2cc3c(N)c(C(O)(C(F)(F)F)C(F)(F)F)ccc3cc2c1N)C(F)(F)F.CC(O)(c1ccc2ccc(C(O)(C(F)(F)F)C(F)(F)F)c(N)c2c1N)C(F)(F)F. The molecule has 0 aromatic heterocycles. The van der Waals surface area contributed by atoms with Crippen LogP contribution < -0.4 is 45.9 Å². The number of nitrogen functional groups attached to an aromatic ring is 8.